The van der Waals surface area contributed by atoms with Crippen molar-refractivity contribution in [3.8, 4) is 5.75 Å². The van der Waals surface area contributed by atoms with Crippen LogP contribution in [0.25, 0.3) is 0 Å². The van der Waals surface area contributed by atoms with Crippen LogP contribution >= 0.6 is 0 Å². The van der Waals surface area contributed by atoms with Gasteiger partial charge in [-0.3, -0.25) is 9.10 Å². The van der Waals surface area contributed by atoms with E-state index in [9.17, 15) is 13.2 Å². The maximum Gasteiger partial charge on any atom is 0.264 e. The number of hydrogen-bond acceptors (Lipinski definition) is 4. The Morgan fingerprint density at radius 1 is 1.00 bits per heavy atom. The maximum atomic E-state index is 13.5. The maximum absolute atomic E-state index is 13.5. The van der Waals surface area contributed by atoms with Crippen molar-refractivity contribution in [2.45, 2.75) is 31.7 Å². The van der Waals surface area contributed by atoms with E-state index in [1.165, 1.54) is 16.4 Å². The number of sulfonamides is 1. The minimum Gasteiger partial charge on any atom is -0.497 e. The van der Waals surface area contributed by atoms with Crippen LogP contribution in [0.1, 0.15) is 29.7 Å². The Balaban J connectivity index is 1.90. The second-order valence-corrected chi connectivity index (χ2v) is 9.54. The van der Waals surface area contributed by atoms with Gasteiger partial charge in [0.1, 0.15) is 12.3 Å². The fourth-order valence-corrected chi connectivity index (χ4v) is 4.90. The number of benzene rings is 3. The molecule has 0 saturated heterocycles. The third-order valence-corrected chi connectivity index (χ3v) is 7.02. The fourth-order valence-electron chi connectivity index (χ4n) is 3.40. The molecule has 0 bridgehead atoms. The van der Waals surface area contributed by atoms with Crippen LogP contribution in [0.3, 0.4) is 0 Å². The number of carbonyl (C=O) groups excluding carboxylic acids is 1. The molecule has 6 nitrogen and oxygen atoms in total. The van der Waals surface area contributed by atoms with Crippen molar-refractivity contribution in [1.29, 1.82) is 0 Å². The number of amides is 1. The van der Waals surface area contributed by atoms with Crippen molar-refractivity contribution >= 4 is 21.6 Å². The second-order valence-electron chi connectivity index (χ2n) is 7.68. The number of nitrogens with one attached hydrogen (secondary N) is 1. The lowest BCUT2D eigenvalue weighted by atomic mass is 10.1. The summed E-state index contributed by atoms with van der Waals surface area (Å²) in [6.45, 7) is 5.25. The molecule has 0 aliphatic rings. The molecule has 0 fully saturated rings. The van der Waals surface area contributed by atoms with E-state index in [1.807, 2.05) is 57.2 Å². The Labute approximate surface area is 189 Å². The van der Waals surface area contributed by atoms with Gasteiger partial charge in [-0.05, 0) is 67.8 Å². The average molecular weight is 453 g/mol. The molecule has 0 unspecified atom stereocenters. The summed E-state index contributed by atoms with van der Waals surface area (Å²) >= 11 is 0. The van der Waals surface area contributed by atoms with Crippen LogP contribution in [0.4, 0.5) is 5.69 Å². The van der Waals surface area contributed by atoms with Gasteiger partial charge in [-0.25, -0.2) is 8.42 Å². The van der Waals surface area contributed by atoms with Crippen LogP contribution in [-0.4, -0.2) is 28.0 Å². The van der Waals surface area contributed by atoms with Crippen LogP contribution in [0.5, 0.6) is 5.75 Å². The first-order valence-electron chi connectivity index (χ1n) is 10.3. The van der Waals surface area contributed by atoms with Gasteiger partial charge in [0.25, 0.3) is 10.0 Å². The molecule has 3 aromatic rings. The van der Waals surface area contributed by atoms with E-state index in [-0.39, 0.29) is 17.5 Å². The van der Waals surface area contributed by atoms with Gasteiger partial charge in [0.05, 0.1) is 23.7 Å². The molecule has 1 atom stereocenters. The van der Waals surface area contributed by atoms with Crippen molar-refractivity contribution in [3.05, 3.63) is 89.5 Å². The standard InChI is InChI=1S/C25H28N2O4S/c1-18-10-11-19(2)24(16-18)27(32(29,30)23-8-6-5-7-9-23)17-25(28)26-20(3)21-12-14-22(31-4)15-13-21/h5-16,20H,17H2,1-4H3,(H,26,28)/t20-/m1/s1. The molecule has 3 rings (SSSR count). The fraction of sp³-hybridized carbons (Fsp3) is 0.240. The predicted molar refractivity (Wildman–Crippen MR) is 126 cm³/mol. The highest BCUT2D eigenvalue weighted by Crippen LogP contribution is 2.28. The second kappa shape index (κ2) is 9.87. The predicted octanol–water partition coefficient (Wildman–Crippen LogP) is 4.38. The third kappa shape index (κ3) is 5.29. The van der Waals surface area contributed by atoms with Gasteiger partial charge in [0.15, 0.2) is 0 Å². The molecule has 0 aliphatic heterocycles. The summed E-state index contributed by atoms with van der Waals surface area (Å²) in [5, 5.41) is 2.91. The topological polar surface area (TPSA) is 75.7 Å². The van der Waals surface area contributed by atoms with E-state index >= 15 is 0 Å². The normalized spacial score (nSPS) is 12.1. The van der Waals surface area contributed by atoms with E-state index in [0.29, 0.717) is 5.69 Å². The SMILES string of the molecule is COc1ccc([C@@H](C)NC(=O)CN(c2cc(C)ccc2C)S(=O)(=O)c2ccccc2)cc1. The van der Waals surface area contributed by atoms with E-state index in [2.05, 4.69) is 5.32 Å². The summed E-state index contributed by atoms with van der Waals surface area (Å²) in [6.07, 6.45) is 0. The number of hydrogen-bond donors (Lipinski definition) is 1. The molecule has 0 saturated carbocycles. The number of aryl methyl sites for hydroxylation is 2. The van der Waals surface area contributed by atoms with Crippen molar-refractivity contribution in [2.24, 2.45) is 0 Å². The lowest BCUT2D eigenvalue weighted by molar-refractivity contribution is -0.120. The summed E-state index contributed by atoms with van der Waals surface area (Å²) in [7, 11) is -2.35. The smallest absolute Gasteiger partial charge is 0.264 e. The zero-order valence-corrected chi connectivity index (χ0v) is 19.5. The molecule has 3 aromatic carbocycles. The lowest BCUT2D eigenvalue weighted by Crippen LogP contribution is -2.42. The zero-order chi connectivity index (χ0) is 23.3. The molecule has 32 heavy (non-hydrogen) atoms. The molecule has 1 amide bonds. The Morgan fingerprint density at radius 3 is 2.28 bits per heavy atom. The third-order valence-electron chi connectivity index (χ3n) is 5.25. The number of methoxy groups -OCH3 is 1. The largest absolute Gasteiger partial charge is 0.497 e. The monoisotopic (exact) mass is 452 g/mol. The Kier molecular flexibility index (Phi) is 7.20. The van der Waals surface area contributed by atoms with Gasteiger partial charge in [-0.2, -0.15) is 0 Å². The highest BCUT2D eigenvalue weighted by molar-refractivity contribution is 7.92. The van der Waals surface area contributed by atoms with Crippen LogP contribution < -0.4 is 14.4 Å². The van der Waals surface area contributed by atoms with Gasteiger partial charge >= 0.3 is 0 Å². The number of carbonyl (C=O) groups is 1. The van der Waals surface area contributed by atoms with Gasteiger partial charge in [0.2, 0.25) is 5.91 Å². The van der Waals surface area contributed by atoms with Crippen molar-refractivity contribution in [2.75, 3.05) is 18.0 Å². The van der Waals surface area contributed by atoms with Gasteiger partial charge in [-0.1, -0.05) is 42.5 Å². The summed E-state index contributed by atoms with van der Waals surface area (Å²) in [5.74, 6) is 0.330. The summed E-state index contributed by atoms with van der Waals surface area (Å²) < 4.78 is 33.3. The average Bonchev–Trinajstić information content (AvgIpc) is 2.79. The van der Waals surface area contributed by atoms with Gasteiger partial charge in [0, 0.05) is 0 Å². The summed E-state index contributed by atoms with van der Waals surface area (Å²) in [6, 6.07) is 20.8. The molecule has 168 valence electrons. The quantitative estimate of drug-likeness (QED) is 0.550. The molecule has 1 N–H and O–H groups in total. The number of nitrogens with zero attached hydrogens (tertiary/aromatic N) is 1. The molecule has 7 heteroatoms. The number of ether oxygens (including phenoxy) is 1. The van der Waals surface area contributed by atoms with Crippen molar-refractivity contribution < 1.29 is 17.9 Å². The molecule has 0 radical (unpaired) electrons. The van der Waals surface area contributed by atoms with Crippen LogP contribution in [-0.2, 0) is 14.8 Å². The lowest BCUT2D eigenvalue weighted by Gasteiger charge is -2.27. The minimum absolute atomic E-state index is 0.136. The zero-order valence-electron chi connectivity index (χ0n) is 18.7. The van der Waals surface area contributed by atoms with Crippen LogP contribution in [0, 0.1) is 13.8 Å². The van der Waals surface area contributed by atoms with Gasteiger partial charge in [-0.15, -0.1) is 0 Å². The van der Waals surface area contributed by atoms with E-state index in [4.69, 9.17) is 4.74 Å². The highest BCUT2D eigenvalue weighted by atomic mass is 32.2. The molecule has 0 heterocycles. The number of anilines is 1. The Bertz CT molecular complexity index is 1180. The molecule has 0 aromatic heterocycles. The minimum atomic E-state index is -3.94. The summed E-state index contributed by atoms with van der Waals surface area (Å²) in [4.78, 5) is 13.1. The van der Waals surface area contributed by atoms with E-state index < -0.39 is 15.9 Å². The first kappa shape index (κ1) is 23.3. The highest BCUT2D eigenvalue weighted by Gasteiger charge is 2.28. The Hall–Kier alpha value is -3.32. The Morgan fingerprint density at radius 2 is 1.66 bits per heavy atom. The summed E-state index contributed by atoms with van der Waals surface area (Å²) in [5.41, 5.74) is 3.06. The molecular weight excluding hydrogens is 424 g/mol. The molecule has 0 spiro atoms. The number of rotatable bonds is 8. The van der Waals surface area contributed by atoms with Crippen molar-refractivity contribution in [1.82, 2.24) is 5.32 Å². The van der Waals surface area contributed by atoms with Crippen LogP contribution in [0.15, 0.2) is 77.7 Å². The van der Waals surface area contributed by atoms with Gasteiger partial charge < -0.3 is 10.1 Å². The molecular formula is C25H28N2O4S. The first-order valence-corrected chi connectivity index (χ1v) is 11.7. The van der Waals surface area contributed by atoms with Crippen molar-refractivity contribution in [3.63, 3.8) is 0 Å². The van der Waals surface area contributed by atoms with Crippen LogP contribution in [0.2, 0.25) is 0 Å². The molecule has 0 aliphatic carbocycles. The van der Waals surface area contributed by atoms with E-state index in [1.54, 1.807) is 31.4 Å². The first-order chi connectivity index (χ1) is 15.2. The van der Waals surface area contributed by atoms with E-state index in [0.717, 1.165) is 22.4 Å².